The summed E-state index contributed by atoms with van der Waals surface area (Å²) in [6.45, 7) is 10.9. The van der Waals surface area contributed by atoms with E-state index in [1.165, 1.54) is 0 Å². The minimum absolute atomic E-state index is 0.0239. The maximum atomic E-state index is 12.5. The molecule has 3 rings (SSSR count). The molecule has 2 heterocycles. The molecule has 0 N–H and O–H groups in total. The lowest BCUT2D eigenvalue weighted by Crippen LogP contribution is -2.50. The molecule has 0 saturated carbocycles. The van der Waals surface area contributed by atoms with Crippen LogP contribution in [0.2, 0.25) is 0 Å². The molecule has 0 spiro atoms. The number of anilines is 1. The number of benzene rings is 1. The molecule has 6 heteroatoms. The van der Waals surface area contributed by atoms with Gasteiger partial charge < -0.3 is 14.5 Å². The second-order valence-corrected chi connectivity index (χ2v) is 6.90. The van der Waals surface area contributed by atoms with Crippen molar-refractivity contribution in [2.75, 3.05) is 37.7 Å². The van der Waals surface area contributed by atoms with Gasteiger partial charge in [0.1, 0.15) is 11.6 Å². The minimum Gasteiger partial charge on any atom is -0.484 e. The average molecular weight is 354 g/mol. The Morgan fingerprint density at radius 2 is 1.69 bits per heavy atom. The summed E-state index contributed by atoms with van der Waals surface area (Å²) in [6, 6.07) is 6.00. The van der Waals surface area contributed by atoms with E-state index in [1.807, 2.05) is 44.7 Å². The Balaban J connectivity index is 1.54. The Hall–Kier alpha value is -2.63. The Bertz CT molecular complexity index is 778. The molecule has 26 heavy (non-hydrogen) atoms. The largest absolute Gasteiger partial charge is 0.484 e. The summed E-state index contributed by atoms with van der Waals surface area (Å²) < 4.78 is 5.70. The third kappa shape index (κ3) is 4.31. The summed E-state index contributed by atoms with van der Waals surface area (Å²) >= 11 is 0. The topological polar surface area (TPSA) is 58.6 Å². The van der Waals surface area contributed by atoms with Gasteiger partial charge in [-0.3, -0.25) is 9.78 Å². The zero-order valence-electron chi connectivity index (χ0n) is 16.0. The molecular formula is C20H26N4O2. The second-order valence-electron chi connectivity index (χ2n) is 6.90. The van der Waals surface area contributed by atoms with Gasteiger partial charge in [-0.15, -0.1) is 0 Å². The van der Waals surface area contributed by atoms with Crippen LogP contribution in [0.25, 0.3) is 0 Å². The second kappa shape index (κ2) is 7.72. The number of hydrogen-bond donors (Lipinski definition) is 0. The fraction of sp³-hybridized carbons (Fsp3) is 0.450. The van der Waals surface area contributed by atoms with Gasteiger partial charge in [0.15, 0.2) is 6.61 Å². The van der Waals surface area contributed by atoms with E-state index >= 15 is 0 Å². The summed E-state index contributed by atoms with van der Waals surface area (Å²) in [5.41, 5.74) is 4.10. The fourth-order valence-corrected chi connectivity index (χ4v) is 3.24. The highest BCUT2D eigenvalue weighted by Gasteiger charge is 2.23. The van der Waals surface area contributed by atoms with Crippen molar-refractivity contribution < 1.29 is 9.53 Å². The first kappa shape index (κ1) is 18.2. The van der Waals surface area contributed by atoms with Crippen molar-refractivity contribution in [1.82, 2.24) is 14.9 Å². The summed E-state index contributed by atoms with van der Waals surface area (Å²) in [7, 11) is 0. The molecule has 138 valence electrons. The van der Waals surface area contributed by atoms with E-state index < -0.39 is 0 Å². The zero-order valence-corrected chi connectivity index (χ0v) is 16.0. The quantitative estimate of drug-likeness (QED) is 0.844. The Morgan fingerprint density at radius 3 is 2.35 bits per heavy atom. The lowest BCUT2D eigenvalue weighted by atomic mass is 10.1. The van der Waals surface area contributed by atoms with Crippen LogP contribution in [-0.4, -0.2) is 53.6 Å². The SMILES string of the molecule is Cc1cc(C)cc(OCC(=O)N2CCN(c3nc(C)cnc3C)CC2)c1. The molecule has 0 bridgehead atoms. The molecule has 0 atom stereocenters. The van der Waals surface area contributed by atoms with Crippen molar-refractivity contribution in [2.45, 2.75) is 27.7 Å². The first-order valence-corrected chi connectivity index (χ1v) is 8.96. The van der Waals surface area contributed by atoms with Crippen molar-refractivity contribution in [1.29, 1.82) is 0 Å². The molecule has 1 saturated heterocycles. The third-order valence-corrected chi connectivity index (χ3v) is 4.54. The molecule has 1 aromatic heterocycles. The highest BCUT2D eigenvalue weighted by molar-refractivity contribution is 5.78. The van der Waals surface area contributed by atoms with Gasteiger partial charge in [-0.1, -0.05) is 6.07 Å². The molecule has 1 amide bonds. The van der Waals surface area contributed by atoms with Crippen LogP contribution in [0, 0.1) is 27.7 Å². The van der Waals surface area contributed by atoms with Crippen LogP contribution in [0.5, 0.6) is 5.75 Å². The number of carbonyl (C=O) groups is 1. The van der Waals surface area contributed by atoms with Gasteiger partial charge in [0, 0.05) is 32.4 Å². The zero-order chi connectivity index (χ0) is 18.7. The van der Waals surface area contributed by atoms with Crippen LogP contribution < -0.4 is 9.64 Å². The van der Waals surface area contributed by atoms with E-state index in [9.17, 15) is 4.79 Å². The lowest BCUT2D eigenvalue weighted by molar-refractivity contribution is -0.133. The minimum atomic E-state index is 0.0239. The normalized spacial score (nSPS) is 14.5. The molecule has 0 aliphatic carbocycles. The van der Waals surface area contributed by atoms with E-state index in [-0.39, 0.29) is 12.5 Å². The number of hydrogen-bond acceptors (Lipinski definition) is 5. The van der Waals surface area contributed by atoms with Gasteiger partial charge in [-0.2, -0.15) is 0 Å². The van der Waals surface area contributed by atoms with E-state index in [1.54, 1.807) is 6.20 Å². The number of nitrogens with zero attached hydrogens (tertiary/aromatic N) is 4. The molecule has 1 fully saturated rings. The number of amides is 1. The molecule has 0 radical (unpaired) electrons. The van der Waals surface area contributed by atoms with Crippen LogP contribution in [0.1, 0.15) is 22.5 Å². The van der Waals surface area contributed by atoms with Crippen molar-refractivity contribution in [3.63, 3.8) is 0 Å². The number of rotatable bonds is 4. The predicted octanol–water partition coefficient (Wildman–Crippen LogP) is 2.44. The van der Waals surface area contributed by atoms with Gasteiger partial charge in [0.05, 0.1) is 11.4 Å². The van der Waals surface area contributed by atoms with Crippen LogP contribution in [0.15, 0.2) is 24.4 Å². The molecule has 1 aliphatic rings. The van der Waals surface area contributed by atoms with Crippen molar-refractivity contribution in [2.24, 2.45) is 0 Å². The molecule has 1 aromatic carbocycles. The highest BCUT2D eigenvalue weighted by atomic mass is 16.5. The van der Waals surface area contributed by atoms with E-state index in [0.29, 0.717) is 13.1 Å². The Kier molecular flexibility index (Phi) is 5.40. The fourth-order valence-electron chi connectivity index (χ4n) is 3.24. The van der Waals surface area contributed by atoms with Gasteiger partial charge in [-0.05, 0) is 51.0 Å². The Morgan fingerprint density at radius 1 is 1.04 bits per heavy atom. The average Bonchev–Trinajstić information content (AvgIpc) is 2.61. The summed E-state index contributed by atoms with van der Waals surface area (Å²) in [6.07, 6.45) is 1.78. The van der Waals surface area contributed by atoms with Crippen molar-refractivity contribution in [3.8, 4) is 5.75 Å². The molecular weight excluding hydrogens is 328 g/mol. The van der Waals surface area contributed by atoms with E-state index in [4.69, 9.17) is 4.74 Å². The first-order chi connectivity index (χ1) is 12.4. The summed E-state index contributed by atoms with van der Waals surface area (Å²) in [4.78, 5) is 25.5. The molecule has 6 nitrogen and oxygen atoms in total. The molecule has 2 aromatic rings. The first-order valence-electron chi connectivity index (χ1n) is 8.96. The van der Waals surface area contributed by atoms with E-state index in [2.05, 4.69) is 20.9 Å². The Labute approximate surface area is 154 Å². The van der Waals surface area contributed by atoms with Crippen LogP contribution in [0.4, 0.5) is 5.82 Å². The number of aryl methyl sites for hydroxylation is 4. The smallest absolute Gasteiger partial charge is 0.260 e. The molecule has 0 unspecified atom stereocenters. The number of aromatic nitrogens is 2. The summed E-state index contributed by atoms with van der Waals surface area (Å²) in [5, 5.41) is 0. The van der Waals surface area contributed by atoms with E-state index in [0.717, 1.165) is 47.2 Å². The van der Waals surface area contributed by atoms with Gasteiger partial charge in [0.25, 0.3) is 5.91 Å². The monoisotopic (exact) mass is 354 g/mol. The maximum absolute atomic E-state index is 12.5. The maximum Gasteiger partial charge on any atom is 0.260 e. The lowest BCUT2D eigenvalue weighted by Gasteiger charge is -2.35. The number of carbonyl (C=O) groups excluding carboxylic acids is 1. The van der Waals surface area contributed by atoms with Gasteiger partial charge in [0.2, 0.25) is 0 Å². The summed E-state index contributed by atoms with van der Waals surface area (Å²) in [5.74, 6) is 1.69. The van der Waals surface area contributed by atoms with Crippen LogP contribution in [-0.2, 0) is 4.79 Å². The number of ether oxygens (including phenoxy) is 1. The number of piperazine rings is 1. The predicted molar refractivity (Wildman–Crippen MR) is 102 cm³/mol. The van der Waals surface area contributed by atoms with Crippen LogP contribution in [0.3, 0.4) is 0 Å². The standard InChI is InChI=1S/C20H26N4O2/c1-14-9-15(2)11-18(10-14)26-13-19(25)23-5-7-24(8-6-23)20-17(4)21-12-16(3)22-20/h9-12H,5-8,13H2,1-4H3. The van der Waals surface area contributed by atoms with Crippen molar-refractivity contribution in [3.05, 3.63) is 46.9 Å². The van der Waals surface area contributed by atoms with Gasteiger partial charge >= 0.3 is 0 Å². The molecule has 1 aliphatic heterocycles. The van der Waals surface area contributed by atoms with Crippen molar-refractivity contribution >= 4 is 11.7 Å². The van der Waals surface area contributed by atoms with Gasteiger partial charge in [-0.25, -0.2) is 4.98 Å². The highest BCUT2D eigenvalue weighted by Crippen LogP contribution is 2.18. The third-order valence-electron chi connectivity index (χ3n) is 4.54. The van der Waals surface area contributed by atoms with Crippen LogP contribution >= 0.6 is 0 Å².